The molecule has 31 heavy (non-hydrogen) atoms. The lowest BCUT2D eigenvalue weighted by molar-refractivity contribution is -0.0201. The first-order valence-corrected chi connectivity index (χ1v) is 10.9. The van der Waals surface area contributed by atoms with Crippen LogP contribution in [0.5, 0.6) is 5.75 Å². The van der Waals surface area contributed by atoms with E-state index >= 15 is 0 Å². The average molecular weight is 549 g/mol. The number of benzene rings is 1. The van der Waals surface area contributed by atoms with Crippen LogP contribution in [0.25, 0.3) is 0 Å². The summed E-state index contributed by atoms with van der Waals surface area (Å²) in [5.74, 6) is 1.54. The lowest BCUT2D eigenvalue weighted by Crippen LogP contribution is -2.52. The zero-order valence-corrected chi connectivity index (χ0v) is 22.3. The van der Waals surface area contributed by atoms with Crippen molar-refractivity contribution < 1.29 is 14.6 Å². The number of morpholine rings is 1. The molecule has 1 aromatic rings. The van der Waals surface area contributed by atoms with E-state index in [1.54, 1.807) is 0 Å². The molecular formula is C23H41IN4O3. The van der Waals surface area contributed by atoms with Gasteiger partial charge in [0, 0.05) is 38.3 Å². The molecule has 0 amide bonds. The number of nitrogens with one attached hydrogen (secondary N) is 2. The maximum atomic E-state index is 10.8. The highest BCUT2D eigenvalue weighted by Gasteiger charge is 2.25. The van der Waals surface area contributed by atoms with Crippen LogP contribution in [0.15, 0.2) is 23.2 Å². The number of hydrogen-bond donors (Lipinski definition) is 3. The van der Waals surface area contributed by atoms with Crippen LogP contribution < -0.4 is 15.4 Å². The predicted octanol–water partition coefficient (Wildman–Crippen LogP) is 2.93. The third kappa shape index (κ3) is 10.9. The van der Waals surface area contributed by atoms with Crippen molar-refractivity contribution >= 4 is 29.9 Å². The van der Waals surface area contributed by atoms with Gasteiger partial charge in [-0.2, -0.15) is 0 Å². The number of guanidine groups is 1. The summed E-state index contributed by atoms with van der Waals surface area (Å²) in [6.07, 6.45) is 0. The van der Waals surface area contributed by atoms with Gasteiger partial charge in [-0.3, -0.25) is 4.90 Å². The number of aliphatic imine (C=N–C) groups is 1. The number of ether oxygens (including phenoxy) is 2. The van der Waals surface area contributed by atoms with Gasteiger partial charge in [-0.05, 0) is 53.2 Å². The van der Waals surface area contributed by atoms with Crippen LogP contribution in [0.4, 0.5) is 0 Å². The van der Waals surface area contributed by atoms with E-state index in [-0.39, 0.29) is 29.6 Å². The number of halogens is 1. The van der Waals surface area contributed by atoms with E-state index in [9.17, 15) is 5.11 Å². The predicted molar refractivity (Wildman–Crippen MR) is 138 cm³/mol. The van der Waals surface area contributed by atoms with Crippen molar-refractivity contribution in [2.75, 3.05) is 45.9 Å². The molecule has 1 aliphatic rings. The van der Waals surface area contributed by atoms with Gasteiger partial charge in [0.25, 0.3) is 0 Å². The van der Waals surface area contributed by atoms with Crippen LogP contribution in [-0.4, -0.2) is 73.1 Å². The highest BCUT2D eigenvalue weighted by atomic mass is 127. The van der Waals surface area contributed by atoms with E-state index in [4.69, 9.17) is 14.5 Å². The fourth-order valence-corrected chi connectivity index (χ4v) is 3.29. The number of nitrogens with zero attached hydrogens (tertiary/aromatic N) is 2. The minimum absolute atomic E-state index is 0. The van der Waals surface area contributed by atoms with E-state index < -0.39 is 5.60 Å². The van der Waals surface area contributed by atoms with E-state index in [1.807, 2.05) is 34.6 Å². The zero-order chi connectivity index (χ0) is 22.2. The smallest absolute Gasteiger partial charge is 0.191 e. The number of rotatable bonds is 8. The summed E-state index contributed by atoms with van der Waals surface area (Å²) in [5, 5.41) is 17.4. The summed E-state index contributed by atoms with van der Waals surface area (Å²) in [5.41, 5.74) is 1.06. The maximum Gasteiger partial charge on any atom is 0.191 e. The van der Waals surface area contributed by atoms with Crippen molar-refractivity contribution in [3.63, 3.8) is 0 Å². The molecule has 0 spiro atoms. The first-order chi connectivity index (χ1) is 14.1. The fraction of sp³-hybridized carbons (Fsp3) is 0.696. The average Bonchev–Trinajstić information content (AvgIpc) is 2.64. The molecule has 0 saturated carbocycles. The Morgan fingerprint density at radius 2 is 1.87 bits per heavy atom. The minimum Gasteiger partial charge on any atom is -0.488 e. The molecule has 1 fully saturated rings. The van der Waals surface area contributed by atoms with Crippen molar-refractivity contribution in [3.05, 3.63) is 29.3 Å². The minimum atomic E-state index is -0.863. The molecule has 0 bridgehead atoms. The maximum absolute atomic E-state index is 10.8. The zero-order valence-electron chi connectivity index (χ0n) is 20.0. The molecule has 1 unspecified atom stereocenters. The number of aliphatic hydroxyl groups is 1. The summed E-state index contributed by atoms with van der Waals surface area (Å²) in [7, 11) is 0. The Morgan fingerprint density at radius 3 is 2.48 bits per heavy atom. The van der Waals surface area contributed by atoms with Crippen molar-refractivity contribution in [2.45, 2.75) is 59.3 Å². The Morgan fingerprint density at radius 1 is 1.19 bits per heavy atom. The van der Waals surface area contributed by atoms with Crippen LogP contribution in [0.1, 0.15) is 45.7 Å². The van der Waals surface area contributed by atoms with Crippen molar-refractivity contribution in [3.8, 4) is 5.75 Å². The molecule has 1 aromatic carbocycles. The number of β-amino-alcohol motifs (C(OH)–C–C–N with tert-alkyl or cyclic N) is 1. The second kappa shape index (κ2) is 12.8. The molecule has 7 nitrogen and oxygen atoms in total. The van der Waals surface area contributed by atoms with Gasteiger partial charge in [0.1, 0.15) is 11.4 Å². The van der Waals surface area contributed by atoms with Gasteiger partial charge in [-0.25, -0.2) is 4.99 Å². The Hall–Kier alpha value is -1.10. The molecule has 178 valence electrons. The first-order valence-electron chi connectivity index (χ1n) is 10.9. The summed E-state index contributed by atoms with van der Waals surface area (Å²) < 4.78 is 11.5. The molecule has 1 saturated heterocycles. The number of hydrogen-bond acceptors (Lipinski definition) is 5. The Kier molecular flexibility index (Phi) is 11.5. The topological polar surface area (TPSA) is 78.4 Å². The molecule has 0 aliphatic carbocycles. The van der Waals surface area contributed by atoms with Crippen molar-refractivity contribution in [1.29, 1.82) is 0 Å². The second-order valence-electron chi connectivity index (χ2n) is 9.26. The molecule has 2 rings (SSSR count). The third-order valence-corrected chi connectivity index (χ3v) is 4.70. The van der Waals surface area contributed by atoms with Gasteiger partial charge in [0.05, 0.1) is 25.4 Å². The van der Waals surface area contributed by atoms with E-state index in [0.29, 0.717) is 25.6 Å². The summed E-state index contributed by atoms with van der Waals surface area (Å²) in [6.45, 7) is 17.5. The molecule has 8 heteroatoms. The standard InChI is InChI=1S/C23H40N4O3.HI/c1-7-24-21(26-16-23(6,28)17-27-10-12-29-13-11-27)25-15-19-9-8-18(2)14-20(19)30-22(3,4)5;/h8-9,14,28H,7,10-13,15-17H2,1-6H3,(H2,24,25,26);1H. The Balaban J connectivity index is 0.00000480. The second-order valence-corrected chi connectivity index (χ2v) is 9.26. The summed E-state index contributed by atoms with van der Waals surface area (Å²) in [4.78, 5) is 6.96. The van der Waals surface area contributed by atoms with E-state index in [1.165, 1.54) is 0 Å². The Bertz CT molecular complexity index is 699. The Labute approximate surface area is 205 Å². The molecular weight excluding hydrogens is 507 g/mol. The SMILES string of the molecule is CCNC(=NCc1ccc(C)cc1OC(C)(C)C)NCC(C)(O)CN1CCOCC1.I. The number of aryl methyl sites for hydroxylation is 1. The van der Waals surface area contributed by atoms with Gasteiger partial charge < -0.3 is 25.2 Å². The van der Waals surface area contributed by atoms with Crippen LogP contribution in [0.2, 0.25) is 0 Å². The lowest BCUT2D eigenvalue weighted by Gasteiger charge is -2.34. The fourth-order valence-electron chi connectivity index (χ4n) is 3.29. The molecule has 0 radical (unpaired) electrons. The van der Waals surface area contributed by atoms with Gasteiger partial charge in [-0.15, -0.1) is 24.0 Å². The first kappa shape index (κ1) is 27.9. The quantitative estimate of drug-likeness (QED) is 0.264. The van der Waals surface area contributed by atoms with Gasteiger partial charge >= 0.3 is 0 Å². The van der Waals surface area contributed by atoms with Crippen LogP contribution >= 0.6 is 24.0 Å². The van der Waals surface area contributed by atoms with Crippen LogP contribution in [-0.2, 0) is 11.3 Å². The molecule has 0 aromatic heterocycles. The van der Waals surface area contributed by atoms with Gasteiger partial charge in [0.2, 0.25) is 0 Å². The summed E-state index contributed by atoms with van der Waals surface area (Å²) >= 11 is 0. The van der Waals surface area contributed by atoms with Crippen molar-refractivity contribution in [2.24, 2.45) is 4.99 Å². The van der Waals surface area contributed by atoms with E-state index in [2.05, 4.69) is 40.7 Å². The largest absolute Gasteiger partial charge is 0.488 e. The van der Waals surface area contributed by atoms with E-state index in [0.717, 1.165) is 49.7 Å². The van der Waals surface area contributed by atoms with Gasteiger partial charge in [-0.1, -0.05) is 12.1 Å². The normalized spacial score (nSPS) is 17.5. The molecule has 1 aliphatic heterocycles. The molecule has 1 heterocycles. The van der Waals surface area contributed by atoms with Crippen LogP contribution in [0.3, 0.4) is 0 Å². The highest BCUT2D eigenvalue weighted by Crippen LogP contribution is 2.25. The van der Waals surface area contributed by atoms with Gasteiger partial charge in [0.15, 0.2) is 5.96 Å². The molecule has 3 N–H and O–H groups in total. The van der Waals surface area contributed by atoms with Crippen molar-refractivity contribution in [1.82, 2.24) is 15.5 Å². The highest BCUT2D eigenvalue weighted by molar-refractivity contribution is 14.0. The van der Waals surface area contributed by atoms with Crippen LogP contribution in [0, 0.1) is 6.92 Å². The summed E-state index contributed by atoms with van der Waals surface area (Å²) in [6, 6.07) is 6.20. The lowest BCUT2D eigenvalue weighted by atomic mass is 10.1. The monoisotopic (exact) mass is 548 g/mol. The molecule has 1 atom stereocenters. The third-order valence-electron chi connectivity index (χ3n) is 4.70.